The summed E-state index contributed by atoms with van der Waals surface area (Å²) in [6.45, 7) is 5.35. The van der Waals surface area contributed by atoms with Gasteiger partial charge in [-0.15, -0.1) is 0 Å². The summed E-state index contributed by atoms with van der Waals surface area (Å²) < 4.78 is 5.17. The Hall–Kier alpha value is -1.75. The highest BCUT2D eigenvalue weighted by Gasteiger charge is 2.23. The maximum atomic E-state index is 11.9. The minimum absolute atomic E-state index is 0.283. The standard InChI is InChI=1S/C14H15NO3S/c1-14(2,3)18-12(16)8-11-13(17)15-9-6-4-5-7-10(9)19-11/h4-8H,1-3H3,(H,15,17)/b11-8+. The molecule has 100 valence electrons. The van der Waals surface area contributed by atoms with Crippen molar-refractivity contribution in [1.29, 1.82) is 0 Å². The number of nitrogens with one attached hydrogen (secondary N) is 1. The zero-order chi connectivity index (χ0) is 14.0. The first-order valence-electron chi connectivity index (χ1n) is 5.88. The first kappa shape index (κ1) is 13.7. The van der Waals surface area contributed by atoms with E-state index in [0.29, 0.717) is 4.91 Å². The predicted octanol–water partition coefficient (Wildman–Crippen LogP) is 2.96. The normalized spacial score (nSPS) is 16.8. The number of ether oxygens (including phenoxy) is 1. The SMILES string of the molecule is CC(C)(C)OC(=O)/C=C1/Sc2ccccc2NC1=O. The Morgan fingerprint density at radius 3 is 2.68 bits per heavy atom. The van der Waals surface area contributed by atoms with E-state index in [0.717, 1.165) is 10.6 Å². The predicted molar refractivity (Wildman–Crippen MR) is 74.9 cm³/mol. The topological polar surface area (TPSA) is 55.4 Å². The zero-order valence-corrected chi connectivity index (χ0v) is 11.8. The molecule has 1 aliphatic rings. The van der Waals surface area contributed by atoms with Gasteiger partial charge in [-0.2, -0.15) is 0 Å². The maximum absolute atomic E-state index is 11.9. The summed E-state index contributed by atoms with van der Waals surface area (Å²) in [5.41, 5.74) is 0.195. The largest absolute Gasteiger partial charge is 0.457 e. The van der Waals surface area contributed by atoms with Crippen LogP contribution in [0.25, 0.3) is 0 Å². The molecule has 5 heteroatoms. The minimum Gasteiger partial charge on any atom is -0.457 e. The van der Waals surface area contributed by atoms with Crippen LogP contribution in [0, 0.1) is 0 Å². The number of esters is 1. The number of amides is 1. The van der Waals surface area contributed by atoms with E-state index in [1.54, 1.807) is 20.8 Å². The Bertz CT molecular complexity index is 558. The first-order valence-corrected chi connectivity index (χ1v) is 6.70. The van der Waals surface area contributed by atoms with Crippen LogP contribution in [0.2, 0.25) is 0 Å². The van der Waals surface area contributed by atoms with E-state index in [2.05, 4.69) is 5.32 Å². The molecule has 0 unspecified atom stereocenters. The number of para-hydroxylation sites is 1. The molecule has 19 heavy (non-hydrogen) atoms. The van der Waals surface area contributed by atoms with Crippen LogP contribution in [-0.2, 0) is 14.3 Å². The van der Waals surface area contributed by atoms with Gasteiger partial charge in [0.1, 0.15) is 5.60 Å². The fourth-order valence-corrected chi connectivity index (χ4v) is 2.45. The molecule has 1 heterocycles. The van der Waals surface area contributed by atoms with Crippen LogP contribution < -0.4 is 5.32 Å². The number of thioether (sulfide) groups is 1. The first-order chi connectivity index (χ1) is 8.85. The third-order valence-electron chi connectivity index (χ3n) is 2.23. The lowest BCUT2D eigenvalue weighted by Gasteiger charge is -2.20. The van der Waals surface area contributed by atoms with Crippen molar-refractivity contribution in [3.05, 3.63) is 35.2 Å². The third-order valence-corrected chi connectivity index (χ3v) is 3.33. The fourth-order valence-electron chi connectivity index (χ4n) is 1.54. The lowest BCUT2D eigenvalue weighted by Crippen LogP contribution is -2.24. The summed E-state index contributed by atoms with van der Waals surface area (Å²) in [5.74, 6) is -0.793. The lowest BCUT2D eigenvalue weighted by molar-refractivity contribution is -0.148. The van der Waals surface area contributed by atoms with Crippen molar-refractivity contribution in [2.75, 3.05) is 5.32 Å². The monoisotopic (exact) mass is 277 g/mol. The molecule has 0 spiro atoms. The quantitative estimate of drug-likeness (QED) is 0.633. The van der Waals surface area contributed by atoms with Gasteiger partial charge in [-0.1, -0.05) is 23.9 Å². The van der Waals surface area contributed by atoms with Gasteiger partial charge in [0.25, 0.3) is 5.91 Å². The summed E-state index contributed by atoms with van der Waals surface area (Å²) in [6.07, 6.45) is 1.24. The van der Waals surface area contributed by atoms with Crippen molar-refractivity contribution < 1.29 is 14.3 Å². The van der Waals surface area contributed by atoms with Crippen LogP contribution in [0.15, 0.2) is 40.1 Å². The molecule has 4 nitrogen and oxygen atoms in total. The van der Waals surface area contributed by atoms with E-state index >= 15 is 0 Å². The van der Waals surface area contributed by atoms with E-state index in [4.69, 9.17) is 4.74 Å². The number of carbonyl (C=O) groups is 2. The second-order valence-electron chi connectivity index (χ2n) is 5.09. The average Bonchev–Trinajstić information content (AvgIpc) is 2.27. The molecule has 0 fully saturated rings. The highest BCUT2D eigenvalue weighted by Crippen LogP contribution is 2.37. The third kappa shape index (κ3) is 3.61. The summed E-state index contributed by atoms with van der Waals surface area (Å²) in [5, 5.41) is 2.74. The summed E-state index contributed by atoms with van der Waals surface area (Å²) in [7, 11) is 0. The van der Waals surface area contributed by atoms with Crippen LogP contribution in [-0.4, -0.2) is 17.5 Å². The number of hydrogen-bond acceptors (Lipinski definition) is 4. The Balaban J connectivity index is 2.19. The van der Waals surface area contributed by atoms with Crippen molar-refractivity contribution in [2.24, 2.45) is 0 Å². The molecule has 1 aromatic rings. The van der Waals surface area contributed by atoms with Crippen LogP contribution in [0.3, 0.4) is 0 Å². The van der Waals surface area contributed by atoms with E-state index in [9.17, 15) is 9.59 Å². The highest BCUT2D eigenvalue weighted by atomic mass is 32.2. The van der Waals surface area contributed by atoms with Gasteiger partial charge in [-0.05, 0) is 32.9 Å². The smallest absolute Gasteiger partial charge is 0.332 e. The zero-order valence-electron chi connectivity index (χ0n) is 11.0. The molecule has 1 N–H and O–H groups in total. The van der Waals surface area contributed by atoms with Gasteiger partial charge in [-0.3, -0.25) is 4.79 Å². The van der Waals surface area contributed by atoms with E-state index < -0.39 is 11.6 Å². The molecular formula is C14H15NO3S. The minimum atomic E-state index is -0.568. The van der Waals surface area contributed by atoms with E-state index in [1.807, 2.05) is 24.3 Å². The molecule has 0 aliphatic carbocycles. The average molecular weight is 277 g/mol. The Kier molecular flexibility index (Phi) is 3.66. The van der Waals surface area contributed by atoms with E-state index in [-0.39, 0.29) is 5.91 Å². The highest BCUT2D eigenvalue weighted by molar-refractivity contribution is 8.04. The Morgan fingerprint density at radius 2 is 2.00 bits per heavy atom. The van der Waals surface area contributed by atoms with Gasteiger partial charge in [0.05, 0.1) is 10.6 Å². The molecule has 0 bridgehead atoms. The molecule has 0 radical (unpaired) electrons. The molecule has 0 atom stereocenters. The van der Waals surface area contributed by atoms with Crippen molar-refractivity contribution in [2.45, 2.75) is 31.3 Å². The van der Waals surface area contributed by atoms with Crippen LogP contribution in [0.1, 0.15) is 20.8 Å². The van der Waals surface area contributed by atoms with Crippen LogP contribution in [0.4, 0.5) is 5.69 Å². The number of fused-ring (bicyclic) bond motifs is 1. The van der Waals surface area contributed by atoms with Crippen LogP contribution >= 0.6 is 11.8 Å². The van der Waals surface area contributed by atoms with Gasteiger partial charge >= 0.3 is 5.97 Å². The summed E-state index contributed by atoms with van der Waals surface area (Å²) >= 11 is 1.27. The molecule has 0 aromatic heterocycles. The maximum Gasteiger partial charge on any atom is 0.332 e. The molecule has 1 aliphatic heterocycles. The van der Waals surface area contributed by atoms with E-state index in [1.165, 1.54) is 17.8 Å². The van der Waals surface area contributed by atoms with Gasteiger partial charge in [0.15, 0.2) is 0 Å². The molecule has 0 saturated carbocycles. The van der Waals surface area contributed by atoms with Crippen molar-refractivity contribution in [3.8, 4) is 0 Å². The fraction of sp³-hybridized carbons (Fsp3) is 0.286. The van der Waals surface area contributed by atoms with Gasteiger partial charge in [0, 0.05) is 11.0 Å². The number of hydrogen-bond donors (Lipinski definition) is 1. The molecular weight excluding hydrogens is 262 g/mol. The Morgan fingerprint density at radius 1 is 1.32 bits per heavy atom. The van der Waals surface area contributed by atoms with Crippen molar-refractivity contribution in [1.82, 2.24) is 0 Å². The van der Waals surface area contributed by atoms with Gasteiger partial charge in [-0.25, -0.2) is 4.79 Å². The van der Waals surface area contributed by atoms with Crippen LogP contribution in [0.5, 0.6) is 0 Å². The molecule has 1 amide bonds. The molecule has 2 rings (SSSR count). The summed E-state index contributed by atoms with van der Waals surface area (Å²) in [6, 6.07) is 7.45. The van der Waals surface area contributed by atoms with Crippen molar-refractivity contribution >= 4 is 29.3 Å². The summed E-state index contributed by atoms with van der Waals surface area (Å²) in [4.78, 5) is 24.8. The van der Waals surface area contributed by atoms with Gasteiger partial charge in [0.2, 0.25) is 0 Å². The second-order valence-corrected chi connectivity index (χ2v) is 6.18. The second kappa shape index (κ2) is 5.09. The molecule has 0 saturated heterocycles. The lowest BCUT2D eigenvalue weighted by atomic mass is 10.2. The Labute approximate surface area is 116 Å². The molecule has 1 aromatic carbocycles. The number of carbonyl (C=O) groups excluding carboxylic acids is 2. The van der Waals surface area contributed by atoms with Crippen molar-refractivity contribution in [3.63, 3.8) is 0 Å². The number of rotatable bonds is 1. The number of anilines is 1. The van der Waals surface area contributed by atoms with Gasteiger partial charge < -0.3 is 10.1 Å². The number of benzene rings is 1.